The van der Waals surface area contributed by atoms with Crippen LogP contribution in [0.2, 0.25) is 5.02 Å². The average molecular weight is 473 g/mol. The predicted octanol–water partition coefficient (Wildman–Crippen LogP) is 3.91. The van der Waals surface area contributed by atoms with Crippen molar-refractivity contribution in [3.63, 3.8) is 0 Å². The molecule has 1 aliphatic rings. The number of ether oxygens (including phenoxy) is 2. The van der Waals surface area contributed by atoms with Crippen molar-refractivity contribution in [3.05, 3.63) is 52.9 Å². The molecule has 0 amide bonds. The van der Waals surface area contributed by atoms with Crippen LogP contribution in [0.1, 0.15) is 37.1 Å². The van der Waals surface area contributed by atoms with Crippen LogP contribution in [0.25, 0.3) is 11.5 Å². The molecular formula is C24H29ClN4O4. The van der Waals surface area contributed by atoms with E-state index in [1.807, 2.05) is 30.3 Å². The van der Waals surface area contributed by atoms with Crippen LogP contribution in [0.15, 0.2) is 41.1 Å². The summed E-state index contributed by atoms with van der Waals surface area (Å²) in [5.41, 5.74) is 1.53. The van der Waals surface area contributed by atoms with Crippen LogP contribution >= 0.6 is 11.6 Å². The van der Waals surface area contributed by atoms with Gasteiger partial charge in [0.15, 0.2) is 5.82 Å². The molecule has 1 saturated carbocycles. The number of rotatable bonds is 12. The van der Waals surface area contributed by atoms with Crippen LogP contribution < -0.4 is 14.8 Å². The monoisotopic (exact) mass is 472 g/mol. The van der Waals surface area contributed by atoms with Crippen molar-refractivity contribution in [2.24, 2.45) is 5.92 Å². The number of benzene rings is 1. The summed E-state index contributed by atoms with van der Waals surface area (Å²) in [5.74, 6) is 2.58. The van der Waals surface area contributed by atoms with E-state index in [1.165, 1.54) is 25.7 Å². The molecule has 33 heavy (non-hydrogen) atoms. The molecule has 0 radical (unpaired) electrons. The van der Waals surface area contributed by atoms with Crippen LogP contribution in [0.5, 0.6) is 11.6 Å². The number of pyridine rings is 1. The number of aromatic nitrogens is 3. The second-order valence-corrected chi connectivity index (χ2v) is 8.44. The van der Waals surface area contributed by atoms with Crippen LogP contribution in [-0.2, 0) is 6.42 Å². The van der Waals surface area contributed by atoms with E-state index in [0.29, 0.717) is 72.6 Å². The molecular weight excluding hydrogens is 444 g/mol. The Morgan fingerprint density at radius 1 is 1.12 bits per heavy atom. The maximum absolute atomic E-state index is 8.81. The summed E-state index contributed by atoms with van der Waals surface area (Å²) in [5, 5.41) is 16.5. The van der Waals surface area contributed by atoms with Gasteiger partial charge >= 0.3 is 0 Å². The third kappa shape index (κ3) is 6.43. The van der Waals surface area contributed by atoms with E-state index >= 15 is 0 Å². The molecule has 2 heterocycles. The highest BCUT2D eigenvalue weighted by molar-refractivity contribution is 6.32. The number of aliphatic hydroxyl groups is 1. The highest BCUT2D eigenvalue weighted by Gasteiger charge is 2.20. The van der Waals surface area contributed by atoms with Gasteiger partial charge in [-0.2, -0.15) is 4.98 Å². The lowest BCUT2D eigenvalue weighted by Crippen LogP contribution is -2.24. The molecule has 0 atom stereocenters. The van der Waals surface area contributed by atoms with Crippen molar-refractivity contribution < 1.29 is 19.1 Å². The van der Waals surface area contributed by atoms with Gasteiger partial charge in [-0.3, -0.25) is 0 Å². The molecule has 1 aliphatic carbocycles. The quantitative estimate of drug-likeness (QED) is 0.382. The second-order valence-electron chi connectivity index (χ2n) is 8.06. The van der Waals surface area contributed by atoms with Crippen molar-refractivity contribution in [1.82, 2.24) is 20.4 Å². The van der Waals surface area contributed by atoms with E-state index < -0.39 is 0 Å². The highest BCUT2D eigenvalue weighted by Crippen LogP contribution is 2.32. The zero-order chi connectivity index (χ0) is 22.9. The van der Waals surface area contributed by atoms with Crippen molar-refractivity contribution in [2.75, 3.05) is 32.9 Å². The molecule has 0 bridgehead atoms. The fraction of sp³-hybridized carbons (Fsp3) is 0.458. The molecule has 0 saturated heterocycles. The number of hydrogen-bond acceptors (Lipinski definition) is 8. The van der Waals surface area contributed by atoms with E-state index in [2.05, 4.69) is 20.4 Å². The molecule has 1 aromatic carbocycles. The van der Waals surface area contributed by atoms with E-state index in [1.54, 1.807) is 6.20 Å². The molecule has 9 heteroatoms. The van der Waals surface area contributed by atoms with Crippen LogP contribution in [0.3, 0.4) is 0 Å². The summed E-state index contributed by atoms with van der Waals surface area (Å²) in [6.07, 6.45) is 7.05. The van der Waals surface area contributed by atoms with Gasteiger partial charge in [-0.25, -0.2) is 4.98 Å². The van der Waals surface area contributed by atoms with Gasteiger partial charge in [0.05, 0.1) is 18.2 Å². The van der Waals surface area contributed by atoms with Crippen LogP contribution in [0.4, 0.5) is 0 Å². The zero-order valence-corrected chi connectivity index (χ0v) is 19.3. The Morgan fingerprint density at radius 2 is 2.00 bits per heavy atom. The lowest BCUT2D eigenvalue weighted by molar-refractivity contribution is 0.244. The average Bonchev–Trinajstić information content (AvgIpc) is 3.52. The van der Waals surface area contributed by atoms with Gasteiger partial charge in [0.2, 0.25) is 5.88 Å². The van der Waals surface area contributed by atoms with Gasteiger partial charge < -0.3 is 24.4 Å². The fourth-order valence-corrected chi connectivity index (χ4v) is 4.14. The molecule has 0 aliphatic heterocycles. The maximum Gasteiger partial charge on any atom is 0.263 e. The first-order chi connectivity index (χ1) is 16.2. The number of aliphatic hydroxyl groups excluding tert-OH is 1. The minimum Gasteiger partial charge on any atom is -0.491 e. The molecule has 8 nitrogen and oxygen atoms in total. The molecule has 0 unspecified atom stereocenters. The number of halogens is 1. The first-order valence-corrected chi connectivity index (χ1v) is 11.7. The maximum atomic E-state index is 8.81. The van der Waals surface area contributed by atoms with Crippen molar-refractivity contribution in [3.8, 4) is 23.1 Å². The predicted molar refractivity (Wildman–Crippen MR) is 125 cm³/mol. The van der Waals surface area contributed by atoms with E-state index in [9.17, 15) is 0 Å². The third-order valence-electron chi connectivity index (χ3n) is 5.62. The van der Waals surface area contributed by atoms with Crippen LogP contribution in [0, 0.1) is 5.92 Å². The Morgan fingerprint density at radius 3 is 2.85 bits per heavy atom. The smallest absolute Gasteiger partial charge is 0.263 e. The van der Waals surface area contributed by atoms with Gasteiger partial charge in [0, 0.05) is 25.7 Å². The third-order valence-corrected chi connectivity index (χ3v) is 6.05. The number of nitrogens with zero attached hydrogens (tertiary/aromatic N) is 3. The minimum absolute atomic E-state index is 0.0934. The molecule has 1 fully saturated rings. The lowest BCUT2D eigenvalue weighted by atomic mass is 10.1. The van der Waals surface area contributed by atoms with Crippen molar-refractivity contribution in [1.29, 1.82) is 0 Å². The highest BCUT2D eigenvalue weighted by atomic mass is 35.5. The molecule has 2 aromatic heterocycles. The molecule has 3 aromatic rings. The summed E-state index contributed by atoms with van der Waals surface area (Å²) in [6, 6.07) is 9.32. The molecule has 0 spiro atoms. The Kier molecular flexibility index (Phi) is 8.52. The summed E-state index contributed by atoms with van der Waals surface area (Å²) in [4.78, 5) is 8.93. The summed E-state index contributed by atoms with van der Waals surface area (Å²) >= 11 is 6.55. The molecule has 176 valence electrons. The second kappa shape index (κ2) is 12.0. The first kappa shape index (κ1) is 23.5. The van der Waals surface area contributed by atoms with Gasteiger partial charge in [-0.15, -0.1) is 0 Å². The van der Waals surface area contributed by atoms with Gasteiger partial charge in [-0.05, 0) is 42.5 Å². The number of nitrogens with one attached hydrogen (secondary N) is 1. The zero-order valence-electron chi connectivity index (χ0n) is 18.5. The minimum atomic E-state index is 0.0934. The number of hydrogen-bond donors (Lipinski definition) is 2. The fourth-order valence-electron chi connectivity index (χ4n) is 3.89. The van der Waals surface area contributed by atoms with Gasteiger partial charge in [-0.1, -0.05) is 41.7 Å². The normalized spacial score (nSPS) is 14.0. The van der Waals surface area contributed by atoms with Crippen molar-refractivity contribution in [2.45, 2.75) is 32.1 Å². The topological polar surface area (TPSA) is 103 Å². The van der Waals surface area contributed by atoms with E-state index in [0.717, 1.165) is 5.56 Å². The summed E-state index contributed by atoms with van der Waals surface area (Å²) in [7, 11) is 0. The van der Waals surface area contributed by atoms with E-state index in [-0.39, 0.29) is 6.61 Å². The van der Waals surface area contributed by atoms with E-state index in [4.69, 9.17) is 30.7 Å². The Hall–Kier alpha value is -2.68. The summed E-state index contributed by atoms with van der Waals surface area (Å²) < 4.78 is 17.3. The first-order valence-electron chi connectivity index (χ1n) is 11.4. The standard InChI is InChI=1S/C24H29ClN4O4/c25-22-18(7-3-9-20(22)31-14-12-26-11-13-30)15-21-28-24(33-29-21)19-8-4-10-27-23(19)32-16-17-5-1-2-6-17/h3-4,7-10,17,26,30H,1-2,5-6,11-16H2. The lowest BCUT2D eigenvalue weighted by Gasteiger charge is -2.12. The Labute approximate surface area is 198 Å². The Bertz CT molecular complexity index is 1020. The van der Waals surface area contributed by atoms with Gasteiger partial charge in [0.25, 0.3) is 5.89 Å². The largest absolute Gasteiger partial charge is 0.491 e. The molecule has 2 N–H and O–H groups in total. The van der Waals surface area contributed by atoms with Gasteiger partial charge in [0.1, 0.15) is 17.9 Å². The van der Waals surface area contributed by atoms with Crippen molar-refractivity contribution >= 4 is 11.6 Å². The SMILES string of the molecule is OCCNCCOc1cccc(Cc2noc(-c3cccnc3OCC3CCCC3)n2)c1Cl. The summed E-state index contributed by atoms with van der Waals surface area (Å²) in [6.45, 7) is 2.34. The Balaban J connectivity index is 1.41. The molecule has 4 rings (SSSR count). The van der Waals surface area contributed by atoms with Crippen LogP contribution in [-0.4, -0.2) is 53.1 Å².